The lowest BCUT2D eigenvalue weighted by atomic mass is 9.51. The van der Waals surface area contributed by atoms with Crippen LogP contribution in [0.1, 0.15) is 29.2 Å². The van der Waals surface area contributed by atoms with Crippen molar-refractivity contribution in [1.82, 2.24) is 0 Å². The number of aliphatic hydroxyl groups excluding tert-OH is 2. The largest absolute Gasteiger partial charge is 0.389 e. The van der Waals surface area contributed by atoms with Crippen molar-refractivity contribution in [3.8, 4) is 0 Å². The summed E-state index contributed by atoms with van der Waals surface area (Å²) >= 11 is 0. The van der Waals surface area contributed by atoms with Gasteiger partial charge in [-0.2, -0.15) is 0 Å². The van der Waals surface area contributed by atoms with E-state index in [0.717, 1.165) is 22.3 Å². The Balaban J connectivity index is 2.20. The zero-order chi connectivity index (χ0) is 14.8. The van der Waals surface area contributed by atoms with Gasteiger partial charge >= 0.3 is 0 Å². The van der Waals surface area contributed by atoms with Crippen molar-refractivity contribution >= 4 is 0 Å². The minimum Gasteiger partial charge on any atom is -0.389 e. The number of ether oxygens (including phenoxy) is 1. The van der Waals surface area contributed by atoms with Gasteiger partial charge in [0, 0.05) is 12.5 Å². The van der Waals surface area contributed by atoms with Gasteiger partial charge in [0.2, 0.25) is 0 Å². The maximum absolute atomic E-state index is 10.8. The van der Waals surface area contributed by atoms with E-state index in [1.807, 2.05) is 55.5 Å². The van der Waals surface area contributed by atoms with Crippen molar-refractivity contribution in [2.45, 2.75) is 30.1 Å². The lowest BCUT2D eigenvalue weighted by Gasteiger charge is -2.58. The minimum absolute atomic E-state index is 0.618. The van der Waals surface area contributed by atoms with E-state index in [1.54, 1.807) is 7.11 Å². The van der Waals surface area contributed by atoms with E-state index in [9.17, 15) is 10.2 Å². The molecule has 21 heavy (non-hydrogen) atoms. The Morgan fingerprint density at radius 3 is 1.67 bits per heavy atom. The number of fused-ring (bicyclic) bond motifs is 1. The van der Waals surface area contributed by atoms with Gasteiger partial charge in [-0.25, -0.2) is 0 Å². The number of hydrogen-bond donors (Lipinski definition) is 2. The standard InChI is InChI=1S/C18H18O3/c1-17-11-7-3-5-9-13(11)18(21-2,16(20)15(17)19)14-10-6-4-8-12(14)17/h3-10,15-16,19-20H,1-2H3/t15-,16+,17-,18-/m1/s1. The lowest BCUT2D eigenvalue weighted by molar-refractivity contribution is -0.162. The molecule has 0 fully saturated rings. The molecule has 2 N–H and O–H groups in total. The molecule has 0 saturated heterocycles. The fourth-order valence-electron chi connectivity index (χ4n) is 4.33. The molecular weight excluding hydrogens is 264 g/mol. The van der Waals surface area contributed by atoms with Gasteiger partial charge in [0.15, 0.2) is 0 Å². The molecule has 0 saturated carbocycles. The Morgan fingerprint density at radius 1 is 0.810 bits per heavy atom. The van der Waals surface area contributed by atoms with Crippen LogP contribution >= 0.6 is 0 Å². The van der Waals surface area contributed by atoms with Crippen LogP contribution in [0.5, 0.6) is 0 Å². The Labute approximate surface area is 123 Å². The SMILES string of the molecule is CO[C@]12c3ccccc3[C@](C)(c3ccccc31)[C@H](O)[C@@H]2O. The van der Waals surface area contributed by atoms with Gasteiger partial charge in [-0.1, -0.05) is 48.5 Å². The summed E-state index contributed by atoms with van der Waals surface area (Å²) < 4.78 is 5.84. The van der Waals surface area contributed by atoms with Crippen LogP contribution in [-0.2, 0) is 15.8 Å². The van der Waals surface area contributed by atoms with E-state index in [2.05, 4.69) is 0 Å². The van der Waals surface area contributed by atoms with E-state index in [0.29, 0.717) is 0 Å². The molecule has 2 aromatic carbocycles. The fourth-order valence-corrected chi connectivity index (χ4v) is 4.33. The molecule has 0 radical (unpaired) electrons. The highest BCUT2D eigenvalue weighted by Gasteiger charge is 2.63. The van der Waals surface area contributed by atoms with E-state index in [4.69, 9.17) is 4.74 Å². The Bertz CT molecular complexity index is 674. The van der Waals surface area contributed by atoms with Crippen LogP contribution in [-0.4, -0.2) is 29.5 Å². The van der Waals surface area contributed by atoms with Crippen LogP contribution in [0, 0.1) is 0 Å². The summed E-state index contributed by atoms with van der Waals surface area (Å²) in [4.78, 5) is 0. The first-order valence-electron chi connectivity index (χ1n) is 7.19. The van der Waals surface area contributed by atoms with Gasteiger partial charge in [-0.15, -0.1) is 0 Å². The quantitative estimate of drug-likeness (QED) is 0.840. The molecule has 2 atom stereocenters. The van der Waals surface area contributed by atoms with Crippen LogP contribution in [0.15, 0.2) is 48.5 Å². The van der Waals surface area contributed by atoms with Crippen LogP contribution in [0.3, 0.4) is 0 Å². The molecule has 108 valence electrons. The number of benzene rings is 2. The summed E-state index contributed by atoms with van der Waals surface area (Å²) in [6.45, 7) is 2.00. The molecule has 2 bridgehead atoms. The molecule has 3 aliphatic rings. The first-order chi connectivity index (χ1) is 10.1. The zero-order valence-electron chi connectivity index (χ0n) is 12.1. The highest BCUT2D eigenvalue weighted by molar-refractivity contribution is 5.63. The second kappa shape index (κ2) is 3.95. The van der Waals surface area contributed by atoms with Crippen molar-refractivity contribution < 1.29 is 14.9 Å². The van der Waals surface area contributed by atoms with E-state index in [1.165, 1.54) is 0 Å². The molecule has 2 aromatic rings. The third-order valence-corrected chi connectivity index (χ3v) is 5.40. The molecule has 0 spiro atoms. The van der Waals surface area contributed by atoms with Crippen LogP contribution in [0.2, 0.25) is 0 Å². The van der Waals surface area contributed by atoms with E-state index >= 15 is 0 Å². The number of hydrogen-bond acceptors (Lipinski definition) is 3. The Kier molecular flexibility index (Phi) is 2.45. The fraction of sp³-hybridized carbons (Fsp3) is 0.333. The average molecular weight is 282 g/mol. The molecule has 5 rings (SSSR count). The summed E-state index contributed by atoms with van der Waals surface area (Å²) in [5.41, 5.74) is 2.35. The second-order valence-electron chi connectivity index (χ2n) is 6.12. The summed E-state index contributed by atoms with van der Waals surface area (Å²) in [6, 6.07) is 15.9. The van der Waals surface area contributed by atoms with Crippen molar-refractivity contribution in [1.29, 1.82) is 0 Å². The molecule has 3 nitrogen and oxygen atoms in total. The summed E-state index contributed by atoms with van der Waals surface area (Å²) in [5, 5.41) is 21.6. The molecular formula is C18H18O3. The molecule has 0 unspecified atom stereocenters. The smallest absolute Gasteiger partial charge is 0.147 e. The number of rotatable bonds is 1. The van der Waals surface area contributed by atoms with Gasteiger partial charge < -0.3 is 14.9 Å². The van der Waals surface area contributed by atoms with Gasteiger partial charge in [-0.3, -0.25) is 0 Å². The van der Waals surface area contributed by atoms with Crippen LogP contribution < -0.4 is 0 Å². The maximum atomic E-state index is 10.8. The molecule has 3 heteroatoms. The van der Waals surface area contributed by atoms with Gasteiger partial charge in [0.05, 0.1) is 6.10 Å². The second-order valence-corrected chi connectivity index (χ2v) is 6.12. The molecule has 0 heterocycles. The lowest BCUT2D eigenvalue weighted by Crippen LogP contribution is -2.65. The van der Waals surface area contributed by atoms with Crippen molar-refractivity contribution in [2.24, 2.45) is 0 Å². The summed E-state index contributed by atoms with van der Waals surface area (Å²) in [5.74, 6) is 0. The third-order valence-electron chi connectivity index (χ3n) is 5.40. The first-order valence-corrected chi connectivity index (χ1v) is 7.19. The zero-order valence-corrected chi connectivity index (χ0v) is 12.1. The van der Waals surface area contributed by atoms with Gasteiger partial charge in [0.25, 0.3) is 0 Å². The molecule has 3 aliphatic carbocycles. The van der Waals surface area contributed by atoms with E-state index < -0.39 is 23.2 Å². The van der Waals surface area contributed by atoms with E-state index in [-0.39, 0.29) is 0 Å². The maximum Gasteiger partial charge on any atom is 0.147 e. The topological polar surface area (TPSA) is 49.7 Å². The highest BCUT2D eigenvalue weighted by Crippen LogP contribution is 2.59. The average Bonchev–Trinajstić information content (AvgIpc) is 2.54. The van der Waals surface area contributed by atoms with Crippen LogP contribution in [0.25, 0.3) is 0 Å². The Morgan fingerprint density at radius 2 is 1.24 bits per heavy atom. The predicted octanol–water partition coefficient (Wildman–Crippen LogP) is 1.93. The molecule has 0 aromatic heterocycles. The van der Waals surface area contributed by atoms with Gasteiger partial charge in [0.1, 0.15) is 11.7 Å². The van der Waals surface area contributed by atoms with Crippen LogP contribution in [0.4, 0.5) is 0 Å². The summed E-state index contributed by atoms with van der Waals surface area (Å²) in [7, 11) is 1.59. The first kappa shape index (κ1) is 13.0. The van der Waals surface area contributed by atoms with Crippen molar-refractivity contribution in [2.75, 3.05) is 7.11 Å². The van der Waals surface area contributed by atoms with Gasteiger partial charge in [-0.05, 0) is 29.2 Å². The minimum atomic E-state index is -0.996. The normalized spacial score (nSPS) is 36.2. The molecule has 0 amide bonds. The predicted molar refractivity (Wildman–Crippen MR) is 79.1 cm³/mol. The van der Waals surface area contributed by atoms with Crippen molar-refractivity contribution in [3.05, 3.63) is 70.8 Å². The van der Waals surface area contributed by atoms with Crippen molar-refractivity contribution in [3.63, 3.8) is 0 Å². The third kappa shape index (κ3) is 1.22. The number of methoxy groups -OCH3 is 1. The highest BCUT2D eigenvalue weighted by atomic mass is 16.5. The Hall–Kier alpha value is -1.68. The monoisotopic (exact) mass is 282 g/mol. The molecule has 0 aliphatic heterocycles. The summed E-state index contributed by atoms with van der Waals surface area (Å²) in [6.07, 6.45) is -1.89. The number of aliphatic hydroxyl groups is 2.